The molecular weight excluding hydrogens is 279 g/mol. The van der Waals surface area contributed by atoms with Crippen molar-refractivity contribution in [2.75, 3.05) is 36.9 Å². The zero-order chi connectivity index (χ0) is 15.6. The molecule has 0 aromatic heterocycles. The van der Waals surface area contributed by atoms with Crippen molar-refractivity contribution in [2.45, 2.75) is 32.1 Å². The van der Waals surface area contributed by atoms with Crippen LogP contribution in [-0.2, 0) is 0 Å². The van der Waals surface area contributed by atoms with E-state index in [1.54, 1.807) is 4.90 Å². The van der Waals surface area contributed by atoms with Gasteiger partial charge in [0.05, 0.1) is 6.54 Å². The molecule has 2 unspecified atom stereocenters. The van der Waals surface area contributed by atoms with E-state index >= 15 is 0 Å². The highest BCUT2D eigenvalue weighted by atomic mass is 19.4. The Morgan fingerprint density at radius 1 is 1.10 bits per heavy atom. The van der Waals surface area contributed by atoms with E-state index < -0.39 is 12.7 Å². The van der Waals surface area contributed by atoms with Crippen LogP contribution in [0, 0.1) is 0 Å². The Balaban J connectivity index is 2.06. The van der Waals surface area contributed by atoms with Crippen molar-refractivity contribution >= 4 is 11.4 Å². The number of rotatable bonds is 3. The lowest BCUT2D eigenvalue weighted by Crippen LogP contribution is -2.58. The van der Waals surface area contributed by atoms with E-state index in [0.29, 0.717) is 13.1 Å². The summed E-state index contributed by atoms with van der Waals surface area (Å²) in [6, 6.07) is 7.72. The summed E-state index contributed by atoms with van der Waals surface area (Å²) in [7, 11) is 1.86. The van der Waals surface area contributed by atoms with Gasteiger partial charge in [0.15, 0.2) is 0 Å². The summed E-state index contributed by atoms with van der Waals surface area (Å²) in [4.78, 5) is 3.69. The van der Waals surface area contributed by atoms with Gasteiger partial charge in [0, 0.05) is 43.6 Å². The van der Waals surface area contributed by atoms with Gasteiger partial charge in [0.1, 0.15) is 0 Å². The summed E-state index contributed by atoms with van der Waals surface area (Å²) >= 11 is 0. The molecular formula is C15H22F3N3. The number of nitrogens with one attached hydrogen (secondary N) is 1. The van der Waals surface area contributed by atoms with E-state index in [1.165, 1.54) is 0 Å². The number of hydrogen-bond donors (Lipinski definition) is 1. The van der Waals surface area contributed by atoms with Gasteiger partial charge in [-0.1, -0.05) is 0 Å². The summed E-state index contributed by atoms with van der Waals surface area (Å²) in [6.45, 7) is 4.10. The molecule has 1 aromatic carbocycles. The summed E-state index contributed by atoms with van der Waals surface area (Å²) in [5.41, 5.74) is 2.08. The fourth-order valence-electron chi connectivity index (χ4n) is 2.93. The second kappa shape index (κ2) is 6.13. The molecule has 0 aliphatic carbocycles. The molecule has 3 nitrogen and oxygen atoms in total. The molecule has 1 aromatic rings. The molecule has 118 valence electrons. The number of alkyl halides is 3. The van der Waals surface area contributed by atoms with Crippen LogP contribution < -0.4 is 10.2 Å². The number of hydrogen-bond acceptors (Lipinski definition) is 3. The first-order chi connectivity index (χ1) is 9.80. The first-order valence-corrected chi connectivity index (χ1v) is 7.15. The number of piperazine rings is 1. The Morgan fingerprint density at radius 3 is 2.05 bits per heavy atom. The molecule has 0 amide bonds. The van der Waals surface area contributed by atoms with E-state index in [2.05, 4.69) is 10.2 Å². The second-order valence-corrected chi connectivity index (χ2v) is 5.69. The van der Waals surface area contributed by atoms with Gasteiger partial charge in [0.25, 0.3) is 0 Å². The summed E-state index contributed by atoms with van der Waals surface area (Å²) < 4.78 is 37.9. The predicted molar refractivity (Wildman–Crippen MR) is 79.9 cm³/mol. The van der Waals surface area contributed by atoms with Gasteiger partial charge in [-0.2, -0.15) is 13.2 Å². The van der Waals surface area contributed by atoms with Crippen LogP contribution in [0.4, 0.5) is 24.5 Å². The Kier molecular flexibility index (Phi) is 4.66. The van der Waals surface area contributed by atoms with Crippen molar-refractivity contribution in [1.82, 2.24) is 4.90 Å². The van der Waals surface area contributed by atoms with Gasteiger partial charge in [-0.05, 0) is 38.1 Å². The van der Waals surface area contributed by atoms with Gasteiger partial charge >= 0.3 is 6.18 Å². The fraction of sp³-hybridized carbons (Fsp3) is 0.600. The minimum absolute atomic E-state index is 0.126. The van der Waals surface area contributed by atoms with Gasteiger partial charge in [-0.15, -0.1) is 0 Å². The molecule has 1 fully saturated rings. The minimum atomic E-state index is -4.14. The van der Waals surface area contributed by atoms with E-state index in [1.807, 2.05) is 45.2 Å². The van der Waals surface area contributed by atoms with Crippen LogP contribution >= 0.6 is 0 Å². The molecule has 0 radical (unpaired) electrons. The standard InChI is InChI=1S/C15H22F3N3/c1-11-8-20(14-6-4-13(19-3)5-7-14)9-12(2)21(11)10-15(16,17)18/h4-7,11-12,19H,8-10H2,1-3H3. The average Bonchev–Trinajstić information content (AvgIpc) is 2.42. The third kappa shape index (κ3) is 4.03. The maximum Gasteiger partial charge on any atom is 0.401 e. The Hall–Kier alpha value is -1.43. The summed E-state index contributed by atoms with van der Waals surface area (Å²) in [5, 5.41) is 3.06. The van der Waals surface area contributed by atoms with Crippen molar-refractivity contribution in [1.29, 1.82) is 0 Å². The topological polar surface area (TPSA) is 18.5 Å². The molecule has 6 heteroatoms. The van der Waals surface area contributed by atoms with Crippen LogP contribution in [0.3, 0.4) is 0 Å². The third-order valence-corrected chi connectivity index (χ3v) is 3.98. The van der Waals surface area contributed by atoms with Crippen LogP contribution in [-0.4, -0.2) is 49.8 Å². The predicted octanol–water partition coefficient (Wildman–Crippen LogP) is 3.19. The summed E-state index contributed by atoms with van der Waals surface area (Å²) in [6.07, 6.45) is -4.14. The Bertz CT molecular complexity index is 446. The highest BCUT2D eigenvalue weighted by Gasteiger charge is 2.38. The number of anilines is 2. The molecule has 1 N–H and O–H groups in total. The molecule has 0 bridgehead atoms. The highest BCUT2D eigenvalue weighted by molar-refractivity contribution is 5.55. The quantitative estimate of drug-likeness (QED) is 0.925. The minimum Gasteiger partial charge on any atom is -0.388 e. The van der Waals surface area contributed by atoms with Gasteiger partial charge < -0.3 is 10.2 Å². The number of halogens is 3. The lowest BCUT2D eigenvalue weighted by molar-refractivity contribution is -0.156. The molecule has 1 aliphatic rings. The first-order valence-electron chi connectivity index (χ1n) is 7.15. The first kappa shape index (κ1) is 15.9. The molecule has 0 saturated carbocycles. The fourth-order valence-corrected chi connectivity index (χ4v) is 2.93. The normalized spacial score (nSPS) is 24.2. The smallest absolute Gasteiger partial charge is 0.388 e. The molecule has 1 heterocycles. The molecule has 1 saturated heterocycles. The maximum atomic E-state index is 12.6. The molecule has 2 atom stereocenters. The largest absolute Gasteiger partial charge is 0.401 e. The van der Waals surface area contributed by atoms with E-state index in [-0.39, 0.29) is 12.1 Å². The number of nitrogens with zero attached hydrogens (tertiary/aromatic N) is 2. The second-order valence-electron chi connectivity index (χ2n) is 5.69. The van der Waals surface area contributed by atoms with Crippen LogP contribution in [0.2, 0.25) is 0 Å². The number of benzene rings is 1. The Labute approximate surface area is 123 Å². The van der Waals surface area contributed by atoms with Gasteiger partial charge in [0.2, 0.25) is 0 Å². The molecule has 2 rings (SSSR count). The molecule has 21 heavy (non-hydrogen) atoms. The monoisotopic (exact) mass is 301 g/mol. The summed E-state index contributed by atoms with van der Waals surface area (Å²) in [5.74, 6) is 0. The third-order valence-electron chi connectivity index (χ3n) is 3.98. The molecule has 0 spiro atoms. The van der Waals surface area contributed by atoms with E-state index in [4.69, 9.17) is 0 Å². The van der Waals surface area contributed by atoms with Crippen molar-refractivity contribution in [2.24, 2.45) is 0 Å². The molecule has 1 aliphatic heterocycles. The van der Waals surface area contributed by atoms with E-state index in [0.717, 1.165) is 11.4 Å². The van der Waals surface area contributed by atoms with Crippen molar-refractivity contribution < 1.29 is 13.2 Å². The highest BCUT2D eigenvalue weighted by Crippen LogP contribution is 2.27. The van der Waals surface area contributed by atoms with Crippen molar-refractivity contribution in [3.8, 4) is 0 Å². The van der Waals surface area contributed by atoms with E-state index in [9.17, 15) is 13.2 Å². The van der Waals surface area contributed by atoms with Gasteiger partial charge in [-0.25, -0.2) is 0 Å². The van der Waals surface area contributed by atoms with Crippen LogP contribution in [0.5, 0.6) is 0 Å². The zero-order valence-electron chi connectivity index (χ0n) is 12.6. The average molecular weight is 301 g/mol. The van der Waals surface area contributed by atoms with Crippen LogP contribution in [0.1, 0.15) is 13.8 Å². The van der Waals surface area contributed by atoms with Crippen molar-refractivity contribution in [3.05, 3.63) is 24.3 Å². The maximum absolute atomic E-state index is 12.6. The SMILES string of the molecule is CNc1ccc(N2CC(C)N(CC(F)(F)F)C(C)C2)cc1. The van der Waals surface area contributed by atoms with Gasteiger partial charge in [-0.3, -0.25) is 4.90 Å². The lowest BCUT2D eigenvalue weighted by atomic mass is 10.1. The Morgan fingerprint density at radius 2 is 1.62 bits per heavy atom. The van der Waals surface area contributed by atoms with Crippen LogP contribution in [0.25, 0.3) is 0 Å². The zero-order valence-corrected chi connectivity index (χ0v) is 12.6. The van der Waals surface area contributed by atoms with Crippen LogP contribution in [0.15, 0.2) is 24.3 Å². The lowest BCUT2D eigenvalue weighted by Gasteiger charge is -2.45. The van der Waals surface area contributed by atoms with Crippen molar-refractivity contribution in [3.63, 3.8) is 0 Å².